The first-order chi connectivity index (χ1) is 13.8. The van der Waals surface area contributed by atoms with Gasteiger partial charge in [-0.2, -0.15) is 5.10 Å². The molecule has 0 saturated carbocycles. The number of hydrogen-bond donors (Lipinski definition) is 1. The summed E-state index contributed by atoms with van der Waals surface area (Å²) in [5.74, 6) is 0.109. The molecule has 0 radical (unpaired) electrons. The number of aryl methyl sites for hydroxylation is 1. The van der Waals surface area contributed by atoms with E-state index in [1.54, 1.807) is 16.8 Å². The Balaban J connectivity index is 1.49. The predicted molar refractivity (Wildman–Crippen MR) is 105 cm³/mol. The molecule has 1 aliphatic heterocycles. The van der Waals surface area contributed by atoms with Crippen LogP contribution in [-0.4, -0.2) is 55.8 Å². The third-order valence-electron chi connectivity index (χ3n) is 5.11. The van der Waals surface area contributed by atoms with Crippen LogP contribution in [0.1, 0.15) is 29.4 Å². The largest absolute Gasteiger partial charge is 0.326 e. The Labute approximate surface area is 167 Å². The molecule has 0 bridgehead atoms. The van der Waals surface area contributed by atoms with Crippen molar-refractivity contribution in [2.75, 3.05) is 16.8 Å². The lowest BCUT2D eigenvalue weighted by molar-refractivity contribution is -0.115. The highest BCUT2D eigenvalue weighted by Crippen LogP contribution is 2.27. The third-order valence-corrected chi connectivity index (χ3v) is 6.86. The summed E-state index contributed by atoms with van der Waals surface area (Å²) in [6, 6.07) is 7.05. The van der Waals surface area contributed by atoms with Crippen LogP contribution in [-0.2, 0) is 21.1 Å². The van der Waals surface area contributed by atoms with Gasteiger partial charge < -0.3 is 5.32 Å². The van der Waals surface area contributed by atoms with E-state index >= 15 is 0 Å². The van der Waals surface area contributed by atoms with Crippen LogP contribution in [0.3, 0.4) is 0 Å². The molecular weight excluding hydrogens is 394 g/mol. The normalized spacial score (nSPS) is 18.1. The van der Waals surface area contributed by atoms with Crippen molar-refractivity contribution in [3.63, 3.8) is 0 Å². The van der Waals surface area contributed by atoms with E-state index in [0.29, 0.717) is 12.1 Å². The fourth-order valence-corrected chi connectivity index (χ4v) is 5.34. The van der Waals surface area contributed by atoms with Gasteiger partial charge in [0.1, 0.15) is 6.33 Å². The Hall–Kier alpha value is -3.08. The fraction of sp³-hybridized carbons (Fsp3) is 0.389. The Morgan fingerprint density at radius 3 is 2.83 bits per heavy atom. The molecule has 10 nitrogen and oxygen atoms in total. The SMILES string of the molecule is Cc1nn(C2CCS(=O)(=O)C2)c(C)c1CC(=O)Nc1cccc(-n2cnnn2)c1. The van der Waals surface area contributed by atoms with Gasteiger partial charge in [0.05, 0.1) is 35.3 Å². The second-order valence-electron chi connectivity index (χ2n) is 7.18. The topological polar surface area (TPSA) is 125 Å². The first-order valence-corrected chi connectivity index (χ1v) is 11.0. The van der Waals surface area contributed by atoms with Gasteiger partial charge in [-0.05, 0) is 48.9 Å². The molecule has 0 spiro atoms. The van der Waals surface area contributed by atoms with Gasteiger partial charge in [-0.3, -0.25) is 9.48 Å². The molecule has 2 aromatic heterocycles. The molecule has 1 atom stereocenters. The van der Waals surface area contributed by atoms with Crippen molar-refractivity contribution < 1.29 is 13.2 Å². The number of benzene rings is 1. The van der Waals surface area contributed by atoms with Crippen LogP contribution in [0, 0.1) is 13.8 Å². The summed E-state index contributed by atoms with van der Waals surface area (Å²) in [7, 11) is -3.01. The average molecular weight is 415 g/mol. The Kier molecular flexibility index (Phi) is 4.91. The van der Waals surface area contributed by atoms with Gasteiger partial charge in [0.15, 0.2) is 9.84 Å². The molecule has 0 aliphatic carbocycles. The summed E-state index contributed by atoms with van der Waals surface area (Å²) < 4.78 is 26.9. The van der Waals surface area contributed by atoms with E-state index in [4.69, 9.17) is 0 Å². The summed E-state index contributed by atoms with van der Waals surface area (Å²) in [4.78, 5) is 12.6. The van der Waals surface area contributed by atoms with Crippen LogP contribution in [0.4, 0.5) is 5.69 Å². The molecule has 1 aliphatic rings. The number of hydrogen-bond acceptors (Lipinski definition) is 7. The van der Waals surface area contributed by atoms with Crippen molar-refractivity contribution in [3.05, 3.63) is 47.5 Å². The molecule has 152 valence electrons. The lowest BCUT2D eigenvalue weighted by Gasteiger charge is -2.11. The molecule has 1 saturated heterocycles. The zero-order valence-electron chi connectivity index (χ0n) is 16.1. The maximum Gasteiger partial charge on any atom is 0.228 e. The van der Waals surface area contributed by atoms with E-state index in [1.807, 2.05) is 26.0 Å². The van der Waals surface area contributed by atoms with Crippen molar-refractivity contribution in [3.8, 4) is 5.69 Å². The van der Waals surface area contributed by atoms with Gasteiger partial charge in [-0.15, -0.1) is 5.10 Å². The van der Waals surface area contributed by atoms with Crippen molar-refractivity contribution in [2.45, 2.75) is 32.7 Å². The molecule has 1 amide bonds. The molecule has 1 N–H and O–H groups in total. The van der Waals surface area contributed by atoms with E-state index in [9.17, 15) is 13.2 Å². The van der Waals surface area contributed by atoms with E-state index in [0.717, 1.165) is 22.6 Å². The van der Waals surface area contributed by atoms with Crippen molar-refractivity contribution >= 4 is 21.4 Å². The zero-order valence-corrected chi connectivity index (χ0v) is 16.9. The van der Waals surface area contributed by atoms with E-state index in [-0.39, 0.29) is 29.9 Å². The number of amides is 1. The Morgan fingerprint density at radius 1 is 1.31 bits per heavy atom. The van der Waals surface area contributed by atoms with E-state index < -0.39 is 9.84 Å². The molecule has 29 heavy (non-hydrogen) atoms. The van der Waals surface area contributed by atoms with Crippen LogP contribution in [0.15, 0.2) is 30.6 Å². The van der Waals surface area contributed by atoms with E-state index in [1.165, 1.54) is 11.0 Å². The predicted octanol–water partition coefficient (Wildman–Crippen LogP) is 1.02. The van der Waals surface area contributed by atoms with Gasteiger partial charge in [0.2, 0.25) is 5.91 Å². The summed E-state index contributed by atoms with van der Waals surface area (Å²) in [5.41, 5.74) is 3.76. The third kappa shape index (κ3) is 4.04. The van der Waals surface area contributed by atoms with Gasteiger partial charge >= 0.3 is 0 Å². The lowest BCUT2D eigenvalue weighted by Crippen LogP contribution is -2.16. The smallest absolute Gasteiger partial charge is 0.228 e. The number of nitrogens with one attached hydrogen (secondary N) is 1. The van der Waals surface area contributed by atoms with Crippen molar-refractivity contribution in [2.24, 2.45) is 0 Å². The van der Waals surface area contributed by atoms with Crippen molar-refractivity contribution in [1.82, 2.24) is 30.0 Å². The highest BCUT2D eigenvalue weighted by atomic mass is 32.2. The van der Waals surface area contributed by atoms with Crippen LogP contribution in [0.2, 0.25) is 0 Å². The number of rotatable bonds is 5. The minimum atomic E-state index is -3.01. The van der Waals surface area contributed by atoms with Crippen LogP contribution >= 0.6 is 0 Å². The number of tetrazole rings is 1. The molecule has 1 unspecified atom stereocenters. The molecule has 11 heteroatoms. The molecule has 4 rings (SSSR count). The molecule has 3 aromatic rings. The minimum Gasteiger partial charge on any atom is -0.326 e. The number of sulfone groups is 1. The van der Waals surface area contributed by atoms with Gasteiger partial charge in [0.25, 0.3) is 0 Å². The lowest BCUT2D eigenvalue weighted by atomic mass is 10.1. The quantitative estimate of drug-likeness (QED) is 0.659. The van der Waals surface area contributed by atoms with E-state index in [2.05, 4.69) is 25.9 Å². The first kappa shape index (κ1) is 19.2. The first-order valence-electron chi connectivity index (χ1n) is 9.21. The number of carbonyl (C=O) groups excluding carboxylic acids is 1. The van der Waals surface area contributed by atoms with Crippen LogP contribution in [0.5, 0.6) is 0 Å². The summed E-state index contributed by atoms with van der Waals surface area (Å²) >= 11 is 0. The second-order valence-corrected chi connectivity index (χ2v) is 9.41. The fourth-order valence-electron chi connectivity index (χ4n) is 3.65. The minimum absolute atomic E-state index is 0.102. The molecule has 3 heterocycles. The molecule has 1 aromatic carbocycles. The summed E-state index contributed by atoms with van der Waals surface area (Å²) in [6.07, 6.45) is 2.19. The highest BCUT2D eigenvalue weighted by Gasteiger charge is 2.31. The summed E-state index contributed by atoms with van der Waals surface area (Å²) in [5, 5.41) is 18.4. The number of anilines is 1. The van der Waals surface area contributed by atoms with Crippen LogP contribution in [0.25, 0.3) is 5.69 Å². The van der Waals surface area contributed by atoms with Crippen molar-refractivity contribution in [1.29, 1.82) is 0 Å². The number of nitrogens with zero attached hydrogens (tertiary/aromatic N) is 6. The highest BCUT2D eigenvalue weighted by molar-refractivity contribution is 7.91. The maximum atomic E-state index is 12.6. The molecule has 1 fully saturated rings. The van der Waals surface area contributed by atoms with Gasteiger partial charge in [-0.1, -0.05) is 6.07 Å². The zero-order chi connectivity index (χ0) is 20.6. The maximum absolute atomic E-state index is 12.6. The summed E-state index contributed by atoms with van der Waals surface area (Å²) in [6.45, 7) is 3.72. The number of aromatic nitrogens is 6. The van der Waals surface area contributed by atoms with Gasteiger partial charge in [-0.25, -0.2) is 13.1 Å². The average Bonchev–Trinajstić information content (AvgIpc) is 3.38. The second kappa shape index (κ2) is 7.39. The monoisotopic (exact) mass is 415 g/mol. The van der Waals surface area contributed by atoms with Gasteiger partial charge in [0, 0.05) is 16.9 Å². The Bertz CT molecular complexity index is 1150. The standard InChI is InChI=1S/C18H21N7O3S/c1-12-17(13(2)25(21-12)16-6-7-29(27,28)10-16)9-18(26)20-14-4-3-5-15(8-14)24-11-19-22-23-24/h3-5,8,11,16H,6-7,9-10H2,1-2H3,(H,20,26). The molecular formula is C18H21N7O3S. The van der Waals surface area contributed by atoms with Crippen LogP contribution < -0.4 is 5.32 Å². The number of carbonyl (C=O) groups is 1. The Morgan fingerprint density at radius 2 is 2.14 bits per heavy atom.